The van der Waals surface area contributed by atoms with E-state index in [4.69, 9.17) is 4.74 Å². The maximum absolute atomic E-state index is 13.1. The van der Waals surface area contributed by atoms with E-state index >= 15 is 0 Å². The van der Waals surface area contributed by atoms with Crippen LogP contribution in [0.5, 0.6) is 5.75 Å². The van der Waals surface area contributed by atoms with Crippen molar-refractivity contribution < 1.29 is 43.7 Å². The molecule has 0 aliphatic rings. The highest BCUT2D eigenvalue weighted by molar-refractivity contribution is 7.90. The number of nitrogens with zero attached hydrogens (tertiary/aromatic N) is 2. The third-order valence-corrected chi connectivity index (χ3v) is 6.81. The number of alkyl halides is 3. The molecule has 0 bridgehead atoms. The largest absolute Gasteiger partial charge is 0.534 e. The van der Waals surface area contributed by atoms with Crippen molar-refractivity contribution in [3.63, 3.8) is 0 Å². The molecule has 0 atom stereocenters. The second kappa shape index (κ2) is 8.09. The Balaban J connectivity index is 2.35. The van der Waals surface area contributed by atoms with Crippen LogP contribution in [0.15, 0.2) is 47.6 Å². The average molecular weight is 492 g/mol. The molecule has 0 N–H and O–H groups in total. The lowest BCUT2D eigenvalue weighted by molar-refractivity contribution is -0.0500. The van der Waals surface area contributed by atoms with Crippen molar-refractivity contribution in [2.24, 2.45) is 0 Å². The van der Waals surface area contributed by atoms with Crippen molar-refractivity contribution in [3.05, 3.63) is 54.0 Å². The van der Waals surface area contributed by atoms with Gasteiger partial charge in [-0.2, -0.15) is 21.6 Å². The fourth-order valence-corrected chi connectivity index (χ4v) is 4.50. The number of carbonyl (C=O) groups is 1. The summed E-state index contributed by atoms with van der Waals surface area (Å²) in [7, 11) is -10.7. The molecule has 0 unspecified atom stereocenters. The normalized spacial score (nSPS) is 12.7. The molecule has 9 nitrogen and oxygen atoms in total. The van der Waals surface area contributed by atoms with Crippen LogP contribution in [0.2, 0.25) is 0 Å². The minimum absolute atomic E-state index is 0.0962. The first-order valence-electron chi connectivity index (χ1n) is 8.79. The second-order valence-electron chi connectivity index (χ2n) is 6.37. The standard InChI is InChI=1S/C18H15F3N2O7S2/c1-3-29-17(24)14-16(30-32(27,28)18(19,20)21)15-12(10-22-14)8-9-23(15)31(25,26)13-6-4-11(2)5-7-13/h4-10H,3H2,1-2H3. The summed E-state index contributed by atoms with van der Waals surface area (Å²) in [6.45, 7) is 2.90. The summed E-state index contributed by atoms with van der Waals surface area (Å²) in [5, 5.41) is -0.0962. The Morgan fingerprint density at radius 3 is 2.28 bits per heavy atom. The van der Waals surface area contributed by atoms with Gasteiger partial charge in [0.2, 0.25) is 5.75 Å². The lowest BCUT2D eigenvalue weighted by Crippen LogP contribution is -2.29. The second-order valence-corrected chi connectivity index (χ2v) is 9.73. The number of ether oxygens (including phenoxy) is 1. The van der Waals surface area contributed by atoms with Gasteiger partial charge < -0.3 is 8.92 Å². The molecule has 0 radical (unpaired) electrons. The van der Waals surface area contributed by atoms with Crippen molar-refractivity contribution in [1.29, 1.82) is 0 Å². The van der Waals surface area contributed by atoms with E-state index in [2.05, 4.69) is 9.17 Å². The number of esters is 1. The first kappa shape index (κ1) is 23.5. The van der Waals surface area contributed by atoms with Gasteiger partial charge in [0.1, 0.15) is 5.52 Å². The number of aromatic nitrogens is 2. The van der Waals surface area contributed by atoms with E-state index in [1.807, 2.05) is 0 Å². The number of hydrogen-bond acceptors (Lipinski definition) is 8. The van der Waals surface area contributed by atoms with Gasteiger partial charge in [0.25, 0.3) is 10.0 Å². The van der Waals surface area contributed by atoms with E-state index in [1.54, 1.807) is 6.92 Å². The van der Waals surface area contributed by atoms with Gasteiger partial charge in [0.15, 0.2) is 5.69 Å². The molecular weight excluding hydrogens is 477 g/mol. The molecule has 2 aromatic heterocycles. The van der Waals surface area contributed by atoms with Crippen LogP contribution in [0.1, 0.15) is 23.0 Å². The first-order valence-corrected chi connectivity index (χ1v) is 11.6. The van der Waals surface area contributed by atoms with Gasteiger partial charge in [-0.15, -0.1) is 0 Å². The summed E-state index contributed by atoms with van der Waals surface area (Å²) in [5.41, 5.74) is -6.67. The Morgan fingerprint density at radius 2 is 1.72 bits per heavy atom. The molecule has 0 saturated heterocycles. The zero-order chi connectivity index (χ0) is 23.9. The Kier molecular flexibility index (Phi) is 5.95. The topological polar surface area (TPSA) is 122 Å². The number of pyridine rings is 1. The quantitative estimate of drug-likeness (QED) is 0.293. The molecule has 0 spiro atoms. The summed E-state index contributed by atoms with van der Waals surface area (Å²) in [4.78, 5) is 15.6. The van der Waals surface area contributed by atoms with Crippen LogP contribution in [-0.2, 0) is 24.9 Å². The van der Waals surface area contributed by atoms with Gasteiger partial charge in [-0.3, -0.25) is 0 Å². The Labute approximate surface area is 180 Å². The van der Waals surface area contributed by atoms with Gasteiger partial charge in [-0.25, -0.2) is 22.2 Å². The molecule has 0 aliphatic heterocycles. The van der Waals surface area contributed by atoms with Crippen LogP contribution in [0.3, 0.4) is 0 Å². The van der Waals surface area contributed by atoms with E-state index in [-0.39, 0.29) is 16.9 Å². The molecule has 0 aliphatic carbocycles. The molecule has 1 aromatic carbocycles. The van der Waals surface area contributed by atoms with Crippen molar-refractivity contribution in [1.82, 2.24) is 8.96 Å². The number of fused-ring (bicyclic) bond motifs is 1. The van der Waals surface area contributed by atoms with Crippen LogP contribution in [0.25, 0.3) is 10.9 Å². The summed E-state index contributed by atoms with van der Waals surface area (Å²) in [6, 6.07) is 6.68. The van der Waals surface area contributed by atoms with Gasteiger partial charge in [0, 0.05) is 17.8 Å². The van der Waals surface area contributed by atoms with Crippen LogP contribution in [0.4, 0.5) is 13.2 Å². The summed E-state index contributed by atoms with van der Waals surface area (Å²) >= 11 is 0. The van der Waals surface area contributed by atoms with Crippen molar-refractivity contribution >= 4 is 37.0 Å². The highest BCUT2D eigenvalue weighted by atomic mass is 32.2. The van der Waals surface area contributed by atoms with Gasteiger partial charge in [0.05, 0.1) is 11.5 Å². The van der Waals surface area contributed by atoms with E-state index in [0.717, 1.165) is 24.0 Å². The molecule has 2 heterocycles. The Bertz CT molecular complexity index is 1390. The van der Waals surface area contributed by atoms with E-state index in [1.165, 1.54) is 31.2 Å². The first-order chi connectivity index (χ1) is 14.8. The number of benzene rings is 1. The minimum atomic E-state index is -6.28. The average Bonchev–Trinajstić information content (AvgIpc) is 3.13. The third-order valence-electron chi connectivity index (χ3n) is 4.17. The van der Waals surface area contributed by atoms with E-state index in [9.17, 15) is 34.8 Å². The van der Waals surface area contributed by atoms with Crippen molar-refractivity contribution in [3.8, 4) is 5.75 Å². The fourth-order valence-electron chi connectivity index (χ4n) is 2.67. The Hall–Kier alpha value is -3.13. The lowest BCUT2D eigenvalue weighted by atomic mass is 10.2. The number of halogens is 3. The molecule has 172 valence electrons. The smallest absolute Gasteiger partial charge is 0.461 e. The molecule has 3 rings (SSSR count). The molecule has 0 saturated carbocycles. The number of carbonyl (C=O) groups excluding carboxylic acids is 1. The molecule has 32 heavy (non-hydrogen) atoms. The van der Waals surface area contributed by atoms with Gasteiger partial charge in [-0.05, 0) is 32.0 Å². The van der Waals surface area contributed by atoms with Crippen LogP contribution in [0, 0.1) is 6.92 Å². The summed E-state index contributed by atoms with van der Waals surface area (Å²) in [6.07, 6.45) is 1.96. The monoisotopic (exact) mass is 492 g/mol. The maximum atomic E-state index is 13.1. The number of hydrogen-bond donors (Lipinski definition) is 0. The molecule has 0 amide bonds. The molecule has 3 aromatic rings. The molecule has 0 fully saturated rings. The Morgan fingerprint density at radius 1 is 1.09 bits per heavy atom. The van der Waals surface area contributed by atoms with Crippen LogP contribution < -0.4 is 4.18 Å². The van der Waals surface area contributed by atoms with Crippen molar-refractivity contribution in [2.75, 3.05) is 6.61 Å². The fraction of sp³-hybridized carbons (Fsp3) is 0.222. The predicted molar refractivity (Wildman–Crippen MR) is 105 cm³/mol. The third kappa shape index (κ3) is 4.14. The van der Waals surface area contributed by atoms with E-state index < -0.39 is 48.6 Å². The molecular formula is C18H15F3N2O7S2. The highest BCUT2D eigenvalue weighted by Gasteiger charge is 2.49. The molecule has 14 heteroatoms. The zero-order valence-corrected chi connectivity index (χ0v) is 18.1. The predicted octanol–water partition coefficient (Wildman–Crippen LogP) is 2.99. The summed E-state index contributed by atoms with van der Waals surface area (Å²) < 4.78 is 98.1. The van der Waals surface area contributed by atoms with Crippen molar-refractivity contribution in [2.45, 2.75) is 24.3 Å². The highest BCUT2D eigenvalue weighted by Crippen LogP contribution is 2.36. The van der Waals surface area contributed by atoms with Crippen LogP contribution in [-0.4, -0.2) is 43.9 Å². The number of aryl methyl sites for hydroxylation is 1. The lowest BCUT2D eigenvalue weighted by Gasteiger charge is -2.15. The maximum Gasteiger partial charge on any atom is 0.534 e. The number of rotatable bonds is 6. The van der Waals surface area contributed by atoms with E-state index in [0.29, 0.717) is 3.97 Å². The SMILES string of the molecule is CCOC(=O)c1ncc2ccn(S(=O)(=O)c3ccc(C)cc3)c2c1OS(=O)(=O)C(F)(F)F. The van der Waals surface area contributed by atoms with Gasteiger partial charge in [-0.1, -0.05) is 17.7 Å². The van der Waals surface area contributed by atoms with Gasteiger partial charge >= 0.3 is 21.6 Å². The zero-order valence-electron chi connectivity index (χ0n) is 16.5. The van der Waals surface area contributed by atoms with Crippen LogP contribution >= 0.6 is 0 Å². The minimum Gasteiger partial charge on any atom is -0.461 e. The summed E-state index contributed by atoms with van der Waals surface area (Å²) in [5.74, 6) is -2.53.